The van der Waals surface area contributed by atoms with Gasteiger partial charge in [0.05, 0.1) is 5.56 Å². The van der Waals surface area contributed by atoms with Crippen molar-refractivity contribution in [2.45, 2.75) is 33.2 Å². The molecule has 2 rings (SSSR count). The quantitative estimate of drug-likeness (QED) is 0.776. The standard InChI is InChI=1S/C17H28N4O/c1-4-21(5-2)9-6-8-19-17(22)16-12-18-11-14-13-20(3)10-7-15(14)16/h11-12H,4-10,13H2,1-3H3,(H,19,22). The Labute approximate surface area is 133 Å². The van der Waals surface area contributed by atoms with Crippen molar-refractivity contribution in [3.8, 4) is 0 Å². The first-order valence-electron chi connectivity index (χ1n) is 8.30. The minimum atomic E-state index is 0.0217. The first kappa shape index (κ1) is 16.9. The molecule has 5 heteroatoms. The minimum absolute atomic E-state index is 0.0217. The van der Waals surface area contributed by atoms with Gasteiger partial charge in [0, 0.05) is 32.0 Å². The third-order valence-corrected chi connectivity index (χ3v) is 4.41. The summed E-state index contributed by atoms with van der Waals surface area (Å²) in [5.41, 5.74) is 3.12. The van der Waals surface area contributed by atoms with E-state index in [1.54, 1.807) is 6.20 Å². The van der Waals surface area contributed by atoms with E-state index in [-0.39, 0.29) is 5.91 Å². The van der Waals surface area contributed by atoms with E-state index in [9.17, 15) is 4.79 Å². The lowest BCUT2D eigenvalue weighted by atomic mass is 9.97. The molecular formula is C17H28N4O. The van der Waals surface area contributed by atoms with Crippen molar-refractivity contribution in [1.82, 2.24) is 20.1 Å². The number of carbonyl (C=O) groups excluding carboxylic acids is 1. The van der Waals surface area contributed by atoms with Crippen LogP contribution in [0, 0.1) is 0 Å². The molecule has 1 aromatic rings. The van der Waals surface area contributed by atoms with E-state index in [1.165, 1.54) is 11.1 Å². The van der Waals surface area contributed by atoms with Gasteiger partial charge in [-0.25, -0.2) is 0 Å². The van der Waals surface area contributed by atoms with E-state index in [0.717, 1.165) is 57.7 Å². The fraction of sp³-hybridized carbons (Fsp3) is 0.647. The summed E-state index contributed by atoms with van der Waals surface area (Å²) >= 11 is 0. The fourth-order valence-electron chi connectivity index (χ4n) is 2.97. The second kappa shape index (κ2) is 8.25. The Morgan fingerprint density at radius 3 is 2.86 bits per heavy atom. The van der Waals surface area contributed by atoms with E-state index in [0.29, 0.717) is 0 Å². The second-order valence-electron chi connectivity index (χ2n) is 5.95. The van der Waals surface area contributed by atoms with Gasteiger partial charge >= 0.3 is 0 Å². The van der Waals surface area contributed by atoms with Gasteiger partial charge in [-0.15, -0.1) is 0 Å². The molecule has 0 spiro atoms. The largest absolute Gasteiger partial charge is 0.352 e. The monoisotopic (exact) mass is 304 g/mol. The predicted molar refractivity (Wildman–Crippen MR) is 89.0 cm³/mol. The Morgan fingerprint density at radius 2 is 2.14 bits per heavy atom. The summed E-state index contributed by atoms with van der Waals surface area (Å²) in [6.45, 7) is 10.1. The maximum absolute atomic E-state index is 12.4. The maximum Gasteiger partial charge on any atom is 0.253 e. The number of likely N-dealkylation sites (N-methyl/N-ethyl adjacent to an activating group) is 1. The van der Waals surface area contributed by atoms with Crippen LogP contribution in [0.25, 0.3) is 0 Å². The van der Waals surface area contributed by atoms with Crippen molar-refractivity contribution in [1.29, 1.82) is 0 Å². The lowest BCUT2D eigenvalue weighted by Crippen LogP contribution is -2.32. The molecule has 0 bridgehead atoms. The van der Waals surface area contributed by atoms with Crippen LogP contribution in [0.4, 0.5) is 0 Å². The van der Waals surface area contributed by atoms with Gasteiger partial charge in [0.15, 0.2) is 0 Å². The predicted octanol–water partition coefficient (Wildman–Crippen LogP) is 1.53. The first-order chi connectivity index (χ1) is 10.7. The van der Waals surface area contributed by atoms with Gasteiger partial charge in [-0.2, -0.15) is 0 Å². The Hall–Kier alpha value is -1.46. The third kappa shape index (κ3) is 4.27. The molecule has 0 aliphatic carbocycles. The molecule has 122 valence electrons. The fourth-order valence-corrected chi connectivity index (χ4v) is 2.97. The van der Waals surface area contributed by atoms with Crippen LogP contribution in [-0.2, 0) is 13.0 Å². The van der Waals surface area contributed by atoms with Crippen LogP contribution in [0.1, 0.15) is 41.8 Å². The average Bonchev–Trinajstić information content (AvgIpc) is 2.54. The lowest BCUT2D eigenvalue weighted by molar-refractivity contribution is 0.0949. The molecule has 1 aromatic heterocycles. The highest BCUT2D eigenvalue weighted by atomic mass is 16.1. The van der Waals surface area contributed by atoms with E-state index in [4.69, 9.17) is 0 Å². The van der Waals surface area contributed by atoms with Gasteiger partial charge in [-0.1, -0.05) is 13.8 Å². The number of fused-ring (bicyclic) bond motifs is 1. The molecule has 5 nitrogen and oxygen atoms in total. The topological polar surface area (TPSA) is 48.5 Å². The molecule has 1 aliphatic rings. The second-order valence-corrected chi connectivity index (χ2v) is 5.95. The van der Waals surface area contributed by atoms with Crippen molar-refractivity contribution in [2.24, 2.45) is 0 Å². The van der Waals surface area contributed by atoms with Gasteiger partial charge in [0.2, 0.25) is 0 Å². The Bertz CT molecular complexity index is 499. The van der Waals surface area contributed by atoms with E-state index in [1.807, 2.05) is 6.20 Å². The minimum Gasteiger partial charge on any atom is -0.352 e. The molecule has 0 atom stereocenters. The molecule has 0 radical (unpaired) electrons. The number of amides is 1. The zero-order valence-electron chi connectivity index (χ0n) is 14.1. The van der Waals surface area contributed by atoms with Gasteiger partial charge in [0.25, 0.3) is 5.91 Å². The van der Waals surface area contributed by atoms with Crippen molar-refractivity contribution >= 4 is 5.91 Å². The van der Waals surface area contributed by atoms with Crippen LogP contribution < -0.4 is 5.32 Å². The highest BCUT2D eigenvalue weighted by molar-refractivity contribution is 5.95. The van der Waals surface area contributed by atoms with Crippen molar-refractivity contribution in [3.63, 3.8) is 0 Å². The number of hydrogen-bond donors (Lipinski definition) is 1. The highest BCUT2D eigenvalue weighted by Gasteiger charge is 2.20. The molecule has 1 amide bonds. The third-order valence-electron chi connectivity index (χ3n) is 4.41. The van der Waals surface area contributed by atoms with Gasteiger partial charge < -0.3 is 15.1 Å². The summed E-state index contributed by atoms with van der Waals surface area (Å²) in [4.78, 5) is 21.3. The number of nitrogens with zero attached hydrogens (tertiary/aromatic N) is 3. The molecule has 2 heterocycles. The number of nitrogens with one attached hydrogen (secondary N) is 1. The summed E-state index contributed by atoms with van der Waals surface area (Å²) < 4.78 is 0. The Balaban J connectivity index is 1.89. The average molecular weight is 304 g/mol. The molecular weight excluding hydrogens is 276 g/mol. The maximum atomic E-state index is 12.4. The molecule has 0 saturated carbocycles. The van der Waals surface area contributed by atoms with Crippen molar-refractivity contribution in [2.75, 3.05) is 39.8 Å². The number of rotatable bonds is 7. The Kier molecular flexibility index (Phi) is 6.34. The first-order valence-corrected chi connectivity index (χ1v) is 8.30. The van der Waals surface area contributed by atoms with Crippen molar-refractivity contribution in [3.05, 3.63) is 29.1 Å². The highest BCUT2D eigenvalue weighted by Crippen LogP contribution is 2.20. The van der Waals surface area contributed by atoms with Gasteiger partial charge in [-0.3, -0.25) is 9.78 Å². The molecule has 1 aliphatic heterocycles. The summed E-state index contributed by atoms with van der Waals surface area (Å²) in [7, 11) is 2.10. The number of aromatic nitrogens is 1. The SMILES string of the molecule is CCN(CC)CCCNC(=O)c1cncc2c1CCN(C)C2. The smallest absolute Gasteiger partial charge is 0.253 e. The zero-order valence-corrected chi connectivity index (χ0v) is 14.1. The van der Waals surface area contributed by atoms with Gasteiger partial charge in [-0.05, 0) is 50.7 Å². The normalized spacial score (nSPS) is 14.9. The molecule has 0 aromatic carbocycles. The number of carbonyl (C=O) groups is 1. The van der Waals surface area contributed by atoms with Crippen LogP contribution in [0.5, 0.6) is 0 Å². The summed E-state index contributed by atoms with van der Waals surface area (Å²) in [6, 6.07) is 0. The summed E-state index contributed by atoms with van der Waals surface area (Å²) in [5.74, 6) is 0.0217. The summed E-state index contributed by atoms with van der Waals surface area (Å²) in [5, 5.41) is 3.04. The zero-order chi connectivity index (χ0) is 15.9. The Morgan fingerprint density at radius 1 is 1.36 bits per heavy atom. The number of hydrogen-bond acceptors (Lipinski definition) is 4. The molecule has 0 fully saturated rings. The molecule has 22 heavy (non-hydrogen) atoms. The van der Waals surface area contributed by atoms with Crippen LogP contribution in [0.3, 0.4) is 0 Å². The van der Waals surface area contributed by atoms with Crippen molar-refractivity contribution < 1.29 is 4.79 Å². The van der Waals surface area contributed by atoms with Crippen LogP contribution in [0.15, 0.2) is 12.4 Å². The van der Waals surface area contributed by atoms with Crippen LogP contribution in [-0.4, -0.2) is 60.5 Å². The number of pyridine rings is 1. The van der Waals surface area contributed by atoms with E-state index < -0.39 is 0 Å². The van der Waals surface area contributed by atoms with Crippen LogP contribution >= 0.6 is 0 Å². The van der Waals surface area contributed by atoms with Crippen LogP contribution in [0.2, 0.25) is 0 Å². The van der Waals surface area contributed by atoms with E-state index >= 15 is 0 Å². The lowest BCUT2D eigenvalue weighted by Gasteiger charge is -2.26. The summed E-state index contributed by atoms with van der Waals surface area (Å²) in [6.07, 6.45) is 5.52. The van der Waals surface area contributed by atoms with E-state index in [2.05, 4.69) is 41.0 Å². The van der Waals surface area contributed by atoms with Gasteiger partial charge in [0.1, 0.15) is 0 Å². The molecule has 1 N–H and O–H groups in total. The molecule has 0 unspecified atom stereocenters. The molecule has 0 saturated heterocycles.